The molecule has 1 unspecified atom stereocenters. The van der Waals surface area contributed by atoms with Gasteiger partial charge in [-0.3, -0.25) is 14.7 Å². The third-order valence-corrected chi connectivity index (χ3v) is 5.58. The van der Waals surface area contributed by atoms with Gasteiger partial charge in [0, 0.05) is 60.0 Å². The molecule has 0 radical (unpaired) electrons. The molecule has 1 atom stereocenters. The lowest BCUT2D eigenvalue weighted by molar-refractivity contribution is -0.136. The molecule has 1 aromatic rings. The molecule has 2 aliphatic heterocycles. The molecule has 30 heavy (non-hydrogen) atoms. The van der Waals surface area contributed by atoms with Crippen LogP contribution in [0, 0.1) is 5.82 Å². The number of methoxy groups -OCH3 is 1. The molecule has 2 fully saturated rings. The number of piperazine rings is 1. The van der Waals surface area contributed by atoms with E-state index in [0.29, 0.717) is 39.4 Å². The van der Waals surface area contributed by atoms with Crippen molar-refractivity contribution in [2.45, 2.75) is 6.10 Å². The summed E-state index contributed by atoms with van der Waals surface area (Å²) < 4.78 is 24.0. The van der Waals surface area contributed by atoms with E-state index in [1.807, 2.05) is 4.90 Å². The molecule has 0 saturated carbocycles. The number of amides is 1. The molecular formula is C21H32FN5O3. The van der Waals surface area contributed by atoms with Gasteiger partial charge in [0.05, 0.1) is 25.9 Å². The van der Waals surface area contributed by atoms with Crippen LogP contribution in [0.5, 0.6) is 0 Å². The lowest BCUT2D eigenvalue weighted by Crippen LogP contribution is -2.55. The topological polar surface area (TPSA) is 69.6 Å². The first kappa shape index (κ1) is 22.5. The van der Waals surface area contributed by atoms with Gasteiger partial charge in [-0.05, 0) is 17.7 Å². The molecule has 1 N–H and O–H groups in total. The molecule has 0 bridgehead atoms. The van der Waals surface area contributed by atoms with Crippen molar-refractivity contribution < 1.29 is 18.7 Å². The highest BCUT2D eigenvalue weighted by Gasteiger charge is 2.24. The van der Waals surface area contributed by atoms with E-state index < -0.39 is 0 Å². The van der Waals surface area contributed by atoms with Crippen LogP contribution in [0.15, 0.2) is 29.3 Å². The standard InChI is InChI=1S/C21H32FN5O3/c1-23-21(24-15-19(29-2)17-3-5-18(22)6-4-17)27-9-7-25(8-10-27)16-20(28)26-11-13-30-14-12-26/h3-6,19H,7-16H2,1-2H3,(H,23,24). The number of aliphatic imine (C=N–C) groups is 1. The summed E-state index contributed by atoms with van der Waals surface area (Å²) in [6, 6.07) is 6.34. The second-order valence-electron chi connectivity index (χ2n) is 7.46. The van der Waals surface area contributed by atoms with E-state index in [1.54, 1.807) is 26.3 Å². The lowest BCUT2D eigenvalue weighted by Gasteiger charge is -2.37. The first-order chi connectivity index (χ1) is 14.6. The van der Waals surface area contributed by atoms with E-state index in [4.69, 9.17) is 9.47 Å². The van der Waals surface area contributed by atoms with Gasteiger partial charge in [0.25, 0.3) is 0 Å². The number of halogens is 1. The number of carbonyl (C=O) groups is 1. The van der Waals surface area contributed by atoms with Crippen LogP contribution in [-0.2, 0) is 14.3 Å². The Balaban J connectivity index is 1.45. The smallest absolute Gasteiger partial charge is 0.236 e. The predicted octanol–water partition coefficient (Wildman–Crippen LogP) is 0.565. The molecule has 2 aliphatic rings. The fourth-order valence-corrected chi connectivity index (χ4v) is 3.75. The van der Waals surface area contributed by atoms with Gasteiger partial charge in [0.15, 0.2) is 5.96 Å². The average molecular weight is 422 g/mol. The van der Waals surface area contributed by atoms with Crippen molar-refractivity contribution in [1.82, 2.24) is 20.0 Å². The minimum atomic E-state index is -0.262. The van der Waals surface area contributed by atoms with Gasteiger partial charge in [-0.25, -0.2) is 4.39 Å². The van der Waals surface area contributed by atoms with Gasteiger partial charge in [-0.1, -0.05) is 12.1 Å². The molecule has 0 aromatic heterocycles. The van der Waals surface area contributed by atoms with Gasteiger partial charge in [0.2, 0.25) is 5.91 Å². The second-order valence-corrected chi connectivity index (χ2v) is 7.46. The summed E-state index contributed by atoms with van der Waals surface area (Å²) in [5.74, 6) is 0.720. The van der Waals surface area contributed by atoms with Crippen molar-refractivity contribution in [3.05, 3.63) is 35.6 Å². The van der Waals surface area contributed by atoms with Crippen molar-refractivity contribution in [2.75, 3.05) is 79.7 Å². The number of rotatable bonds is 6. The van der Waals surface area contributed by atoms with Gasteiger partial charge in [-0.15, -0.1) is 0 Å². The van der Waals surface area contributed by atoms with Crippen LogP contribution in [0.4, 0.5) is 4.39 Å². The Kier molecular flexibility index (Phi) is 8.41. The monoisotopic (exact) mass is 421 g/mol. The fraction of sp³-hybridized carbons (Fsp3) is 0.619. The molecule has 2 heterocycles. The number of morpholine rings is 1. The highest BCUT2D eigenvalue weighted by atomic mass is 19.1. The summed E-state index contributed by atoms with van der Waals surface area (Å²) in [4.78, 5) is 23.1. The first-order valence-corrected chi connectivity index (χ1v) is 10.4. The average Bonchev–Trinajstić information content (AvgIpc) is 2.79. The lowest BCUT2D eigenvalue weighted by atomic mass is 10.1. The quantitative estimate of drug-likeness (QED) is 0.535. The molecular weight excluding hydrogens is 389 g/mol. The number of ether oxygens (including phenoxy) is 2. The first-order valence-electron chi connectivity index (χ1n) is 10.4. The van der Waals surface area contributed by atoms with Gasteiger partial charge < -0.3 is 24.6 Å². The van der Waals surface area contributed by atoms with Crippen molar-refractivity contribution in [3.63, 3.8) is 0 Å². The van der Waals surface area contributed by atoms with E-state index in [9.17, 15) is 9.18 Å². The van der Waals surface area contributed by atoms with Crippen LogP contribution in [0.1, 0.15) is 11.7 Å². The Hall–Kier alpha value is -2.23. The summed E-state index contributed by atoms with van der Waals surface area (Å²) in [6.07, 6.45) is -0.199. The molecule has 9 heteroatoms. The Bertz CT molecular complexity index is 701. The van der Waals surface area contributed by atoms with E-state index in [0.717, 1.165) is 37.7 Å². The van der Waals surface area contributed by atoms with Crippen LogP contribution in [0.3, 0.4) is 0 Å². The Labute approximate surface area is 177 Å². The maximum atomic E-state index is 13.2. The summed E-state index contributed by atoms with van der Waals surface area (Å²) in [5.41, 5.74) is 0.910. The Morgan fingerprint density at radius 1 is 1.13 bits per heavy atom. The van der Waals surface area contributed by atoms with Crippen LogP contribution in [0.2, 0.25) is 0 Å². The van der Waals surface area contributed by atoms with Crippen LogP contribution < -0.4 is 5.32 Å². The Morgan fingerprint density at radius 2 is 1.80 bits per heavy atom. The summed E-state index contributed by atoms with van der Waals surface area (Å²) in [6.45, 7) is 6.82. The number of hydrogen-bond donors (Lipinski definition) is 1. The number of guanidine groups is 1. The van der Waals surface area contributed by atoms with E-state index in [1.165, 1.54) is 12.1 Å². The number of benzene rings is 1. The van der Waals surface area contributed by atoms with Crippen LogP contribution in [0.25, 0.3) is 0 Å². The second kappa shape index (κ2) is 11.2. The number of nitrogens with zero attached hydrogens (tertiary/aromatic N) is 4. The van der Waals surface area contributed by atoms with Crippen molar-refractivity contribution in [2.24, 2.45) is 4.99 Å². The maximum absolute atomic E-state index is 13.2. The predicted molar refractivity (Wildman–Crippen MR) is 113 cm³/mol. The number of carbonyl (C=O) groups excluding carboxylic acids is 1. The largest absolute Gasteiger partial charge is 0.378 e. The molecule has 0 aliphatic carbocycles. The molecule has 1 amide bonds. The van der Waals surface area contributed by atoms with Gasteiger partial charge >= 0.3 is 0 Å². The summed E-state index contributed by atoms with van der Waals surface area (Å²) in [7, 11) is 3.40. The molecule has 3 rings (SSSR count). The van der Waals surface area contributed by atoms with E-state index >= 15 is 0 Å². The van der Waals surface area contributed by atoms with Crippen molar-refractivity contribution >= 4 is 11.9 Å². The zero-order valence-corrected chi connectivity index (χ0v) is 17.8. The SMILES string of the molecule is CN=C(NCC(OC)c1ccc(F)cc1)N1CCN(CC(=O)N2CCOCC2)CC1. The molecule has 2 saturated heterocycles. The van der Waals surface area contributed by atoms with Crippen LogP contribution in [-0.4, -0.2) is 106 Å². The minimum absolute atomic E-state index is 0.177. The highest BCUT2D eigenvalue weighted by molar-refractivity contribution is 5.80. The van der Waals surface area contributed by atoms with Gasteiger partial charge in [0.1, 0.15) is 5.82 Å². The summed E-state index contributed by atoms with van der Waals surface area (Å²) >= 11 is 0. The Morgan fingerprint density at radius 3 is 2.40 bits per heavy atom. The maximum Gasteiger partial charge on any atom is 0.236 e. The molecule has 8 nitrogen and oxygen atoms in total. The van der Waals surface area contributed by atoms with E-state index in [-0.39, 0.29) is 17.8 Å². The van der Waals surface area contributed by atoms with Crippen molar-refractivity contribution in [3.8, 4) is 0 Å². The number of nitrogens with one attached hydrogen (secondary N) is 1. The molecule has 0 spiro atoms. The third kappa shape index (κ3) is 6.13. The zero-order chi connectivity index (χ0) is 21.3. The van der Waals surface area contributed by atoms with Crippen LogP contribution >= 0.6 is 0 Å². The number of hydrogen-bond acceptors (Lipinski definition) is 5. The van der Waals surface area contributed by atoms with E-state index in [2.05, 4.69) is 20.1 Å². The minimum Gasteiger partial charge on any atom is -0.378 e. The summed E-state index contributed by atoms with van der Waals surface area (Å²) in [5, 5.41) is 3.36. The highest BCUT2D eigenvalue weighted by Crippen LogP contribution is 2.16. The van der Waals surface area contributed by atoms with Gasteiger partial charge in [-0.2, -0.15) is 0 Å². The molecule has 1 aromatic carbocycles. The fourth-order valence-electron chi connectivity index (χ4n) is 3.75. The zero-order valence-electron chi connectivity index (χ0n) is 17.8. The molecule has 166 valence electrons. The normalized spacial score (nSPS) is 19.6. The van der Waals surface area contributed by atoms with Crippen molar-refractivity contribution in [1.29, 1.82) is 0 Å². The third-order valence-electron chi connectivity index (χ3n) is 5.58.